The van der Waals surface area contributed by atoms with Crippen LogP contribution < -0.4 is 15.4 Å². The van der Waals surface area contributed by atoms with Gasteiger partial charge in [0.05, 0.1) is 5.69 Å². The molecule has 1 saturated heterocycles. The van der Waals surface area contributed by atoms with Crippen molar-refractivity contribution in [2.45, 2.75) is 19.4 Å². The molecule has 0 aromatic heterocycles. The van der Waals surface area contributed by atoms with E-state index in [0.29, 0.717) is 13.0 Å². The summed E-state index contributed by atoms with van der Waals surface area (Å²) in [6.07, 6.45) is 1.31. The number of nitrogens with zero attached hydrogens (tertiary/aromatic N) is 2. The van der Waals surface area contributed by atoms with Gasteiger partial charge in [-0.3, -0.25) is 9.69 Å². The van der Waals surface area contributed by atoms with Gasteiger partial charge in [-0.1, -0.05) is 42.5 Å². The molecule has 0 saturated carbocycles. The fraction of sp³-hybridized carbons (Fsp3) is 0.381. The average Bonchev–Trinajstić information content (AvgIpc) is 2.68. The van der Waals surface area contributed by atoms with E-state index in [-0.39, 0.29) is 5.91 Å². The van der Waals surface area contributed by atoms with Crippen LogP contribution >= 0.6 is 0 Å². The Morgan fingerprint density at radius 3 is 2.38 bits per heavy atom. The summed E-state index contributed by atoms with van der Waals surface area (Å²) in [5, 5.41) is 0. The van der Waals surface area contributed by atoms with E-state index in [1.165, 1.54) is 5.56 Å². The highest BCUT2D eigenvalue weighted by molar-refractivity contribution is 5.73. The molecule has 1 aliphatic heterocycles. The number of nitrogens with two attached hydrogens (primary N) is 1. The zero-order valence-electron chi connectivity index (χ0n) is 15.1. The van der Waals surface area contributed by atoms with Crippen molar-refractivity contribution in [1.29, 1.82) is 0 Å². The molecule has 1 aliphatic rings. The lowest BCUT2D eigenvalue weighted by Gasteiger charge is -2.36. The van der Waals surface area contributed by atoms with Gasteiger partial charge in [0.15, 0.2) is 0 Å². The quantitative estimate of drug-likeness (QED) is 0.793. The number of piperazine rings is 1. The molecule has 1 fully saturated rings. The lowest BCUT2D eigenvalue weighted by atomic mass is 10.2. The third kappa shape index (κ3) is 5.23. The maximum absolute atomic E-state index is 10.9. The van der Waals surface area contributed by atoms with E-state index in [4.69, 9.17) is 10.5 Å². The van der Waals surface area contributed by atoms with Gasteiger partial charge in [-0.2, -0.15) is 0 Å². The van der Waals surface area contributed by atoms with Gasteiger partial charge in [-0.05, 0) is 30.7 Å². The Balaban J connectivity index is 1.54. The van der Waals surface area contributed by atoms with Gasteiger partial charge in [-0.25, -0.2) is 0 Å². The van der Waals surface area contributed by atoms with Gasteiger partial charge >= 0.3 is 0 Å². The second-order valence-corrected chi connectivity index (χ2v) is 6.64. The predicted molar refractivity (Wildman–Crippen MR) is 104 cm³/mol. The smallest absolute Gasteiger partial charge is 0.217 e. The van der Waals surface area contributed by atoms with E-state index in [0.717, 1.165) is 50.6 Å². The molecule has 1 heterocycles. The number of primary amides is 1. The number of carbonyl (C=O) groups is 1. The van der Waals surface area contributed by atoms with Gasteiger partial charge in [0.2, 0.25) is 5.91 Å². The van der Waals surface area contributed by atoms with Crippen molar-refractivity contribution in [1.82, 2.24) is 4.90 Å². The van der Waals surface area contributed by atoms with Crippen molar-refractivity contribution in [2.24, 2.45) is 5.73 Å². The van der Waals surface area contributed by atoms with E-state index >= 15 is 0 Å². The minimum absolute atomic E-state index is 0.215. The Labute approximate surface area is 155 Å². The first-order valence-corrected chi connectivity index (χ1v) is 9.24. The van der Waals surface area contributed by atoms with E-state index < -0.39 is 0 Å². The topological polar surface area (TPSA) is 58.8 Å². The summed E-state index contributed by atoms with van der Waals surface area (Å²) in [5.41, 5.74) is 7.53. The number of rotatable bonds is 8. The highest BCUT2D eigenvalue weighted by Gasteiger charge is 2.19. The van der Waals surface area contributed by atoms with Crippen LogP contribution in [0.1, 0.15) is 18.4 Å². The maximum atomic E-state index is 10.9. The van der Waals surface area contributed by atoms with Gasteiger partial charge in [-0.15, -0.1) is 0 Å². The molecule has 138 valence electrons. The van der Waals surface area contributed by atoms with Gasteiger partial charge in [0, 0.05) is 32.6 Å². The molecule has 0 bridgehead atoms. The summed E-state index contributed by atoms with van der Waals surface area (Å²) in [7, 11) is 0. The van der Waals surface area contributed by atoms with Crippen LogP contribution in [0.15, 0.2) is 54.6 Å². The summed E-state index contributed by atoms with van der Waals surface area (Å²) in [6, 6.07) is 18.5. The first-order chi connectivity index (χ1) is 12.7. The van der Waals surface area contributed by atoms with Crippen molar-refractivity contribution < 1.29 is 9.53 Å². The second kappa shape index (κ2) is 9.25. The molecule has 2 aromatic carbocycles. The Hall–Kier alpha value is -2.53. The lowest BCUT2D eigenvalue weighted by Crippen LogP contribution is -2.46. The van der Waals surface area contributed by atoms with Crippen molar-refractivity contribution in [3.8, 4) is 5.75 Å². The third-order valence-electron chi connectivity index (χ3n) is 4.71. The van der Waals surface area contributed by atoms with Crippen molar-refractivity contribution in [2.75, 3.05) is 37.6 Å². The SMILES string of the molecule is NC(=O)CCCN1CCN(c2ccccc2OCc2ccccc2)CC1. The minimum atomic E-state index is -0.215. The average molecular weight is 353 g/mol. The van der Waals surface area contributed by atoms with Gasteiger partial charge < -0.3 is 15.4 Å². The second-order valence-electron chi connectivity index (χ2n) is 6.64. The Morgan fingerprint density at radius 2 is 1.65 bits per heavy atom. The number of ether oxygens (including phenoxy) is 1. The van der Waals surface area contributed by atoms with E-state index in [9.17, 15) is 4.79 Å². The van der Waals surface area contributed by atoms with Crippen molar-refractivity contribution >= 4 is 11.6 Å². The summed E-state index contributed by atoms with van der Waals surface area (Å²) >= 11 is 0. The lowest BCUT2D eigenvalue weighted by molar-refractivity contribution is -0.118. The molecule has 26 heavy (non-hydrogen) atoms. The number of anilines is 1. The molecular weight excluding hydrogens is 326 g/mol. The number of amides is 1. The van der Waals surface area contributed by atoms with Gasteiger partial charge in [0.25, 0.3) is 0 Å². The summed E-state index contributed by atoms with van der Waals surface area (Å²) in [4.78, 5) is 15.6. The first-order valence-electron chi connectivity index (χ1n) is 9.24. The molecule has 0 atom stereocenters. The third-order valence-corrected chi connectivity index (χ3v) is 4.71. The van der Waals surface area contributed by atoms with Crippen LogP contribution in [0.25, 0.3) is 0 Å². The Kier molecular flexibility index (Phi) is 6.50. The Bertz CT molecular complexity index is 697. The normalized spacial score (nSPS) is 15.0. The van der Waals surface area contributed by atoms with E-state index in [1.54, 1.807) is 0 Å². The van der Waals surface area contributed by atoms with E-state index in [1.807, 2.05) is 30.3 Å². The fourth-order valence-electron chi connectivity index (χ4n) is 3.27. The van der Waals surface area contributed by atoms with Crippen LogP contribution in [0.2, 0.25) is 0 Å². The maximum Gasteiger partial charge on any atom is 0.217 e. The first kappa shape index (κ1) is 18.3. The number of benzene rings is 2. The number of hydrogen-bond donors (Lipinski definition) is 1. The standard InChI is InChI=1S/C21H27N3O2/c22-21(25)11-6-12-23-13-15-24(16-14-23)19-9-4-5-10-20(19)26-17-18-7-2-1-3-8-18/h1-5,7-10H,6,11-17H2,(H2,22,25). The number of hydrogen-bond acceptors (Lipinski definition) is 4. The molecule has 5 heteroatoms. The van der Waals surface area contributed by atoms with Crippen LogP contribution in [-0.4, -0.2) is 43.5 Å². The molecule has 2 N–H and O–H groups in total. The molecule has 5 nitrogen and oxygen atoms in total. The molecule has 2 aromatic rings. The summed E-state index contributed by atoms with van der Waals surface area (Å²) in [5.74, 6) is 0.714. The van der Waals surface area contributed by atoms with Gasteiger partial charge in [0.1, 0.15) is 12.4 Å². The van der Waals surface area contributed by atoms with Crippen LogP contribution in [0.4, 0.5) is 5.69 Å². The minimum Gasteiger partial charge on any atom is -0.487 e. The molecular formula is C21H27N3O2. The molecule has 0 unspecified atom stereocenters. The fourth-order valence-corrected chi connectivity index (χ4v) is 3.27. The molecule has 0 radical (unpaired) electrons. The monoisotopic (exact) mass is 353 g/mol. The molecule has 1 amide bonds. The summed E-state index contributed by atoms with van der Waals surface area (Å²) < 4.78 is 6.09. The molecule has 3 rings (SSSR count). The largest absolute Gasteiger partial charge is 0.487 e. The zero-order valence-corrected chi connectivity index (χ0v) is 15.1. The highest BCUT2D eigenvalue weighted by Crippen LogP contribution is 2.29. The number of para-hydroxylation sites is 2. The Morgan fingerprint density at radius 1 is 0.962 bits per heavy atom. The number of carbonyl (C=O) groups excluding carboxylic acids is 1. The zero-order chi connectivity index (χ0) is 18.2. The van der Waals surface area contributed by atoms with Crippen LogP contribution in [0.3, 0.4) is 0 Å². The molecule has 0 aliphatic carbocycles. The van der Waals surface area contributed by atoms with Crippen LogP contribution in [0, 0.1) is 0 Å². The predicted octanol–water partition coefficient (Wildman–Crippen LogP) is 2.65. The van der Waals surface area contributed by atoms with Crippen molar-refractivity contribution in [3.05, 3.63) is 60.2 Å². The van der Waals surface area contributed by atoms with Crippen LogP contribution in [-0.2, 0) is 11.4 Å². The van der Waals surface area contributed by atoms with E-state index in [2.05, 4.69) is 34.1 Å². The van der Waals surface area contributed by atoms with Crippen LogP contribution in [0.5, 0.6) is 5.75 Å². The summed E-state index contributed by atoms with van der Waals surface area (Å²) in [6.45, 7) is 5.41. The van der Waals surface area contributed by atoms with Crippen molar-refractivity contribution in [3.63, 3.8) is 0 Å². The highest BCUT2D eigenvalue weighted by atomic mass is 16.5. The molecule has 0 spiro atoms.